The normalized spacial score (nSPS) is 57.8. The Bertz CT molecular complexity index is 396. The van der Waals surface area contributed by atoms with Crippen LogP contribution in [-0.4, -0.2) is 29.2 Å². The van der Waals surface area contributed by atoms with E-state index in [0.717, 1.165) is 25.7 Å². The molecule has 0 unspecified atom stereocenters. The van der Waals surface area contributed by atoms with E-state index in [1.165, 1.54) is 0 Å². The van der Waals surface area contributed by atoms with Crippen LogP contribution in [0.4, 0.5) is 0 Å². The quantitative estimate of drug-likeness (QED) is 0.490. The molecule has 5 atom stereocenters. The number of rotatable bonds is 0. The first-order valence-corrected chi connectivity index (χ1v) is 6.24. The van der Waals surface area contributed by atoms with Gasteiger partial charge < -0.3 is 9.84 Å². The monoisotopic (exact) mass is 220 g/mol. The summed E-state index contributed by atoms with van der Waals surface area (Å²) in [5, 5.41) is 9.74. The van der Waals surface area contributed by atoms with Crippen molar-refractivity contribution in [3.8, 4) is 0 Å². The van der Waals surface area contributed by atoms with Gasteiger partial charge in [-0.1, -0.05) is 12.2 Å². The Hall–Kier alpha value is -0.670. The molecule has 16 heavy (non-hydrogen) atoms. The lowest BCUT2D eigenvalue weighted by Crippen LogP contribution is -2.58. The maximum atomic E-state index is 12.6. The van der Waals surface area contributed by atoms with E-state index in [1.807, 2.05) is 0 Å². The molecule has 3 fully saturated rings. The van der Waals surface area contributed by atoms with Crippen molar-refractivity contribution in [3.63, 3.8) is 0 Å². The van der Waals surface area contributed by atoms with Crippen LogP contribution in [0.1, 0.15) is 25.7 Å². The lowest BCUT2D eigenvalue weighted by Gasteiger charge is -2.52. The summed E-state index contributed by atoms with van der Waals surface area (Å²) < 4.78 is 5.49. The number of aliphatic hydroxyl groups is 1. The third kappa shape index (κ3) is 0.868. The van der Waals surface area contributed by atoms with Gasteiger partial charge in [0.1, 0.15) is 0 Å². The summed E-state index contributed by atoms with van der Waals surface area (Å²) in [6, 6.07) is 0. The Morgan fingerprint density at radius 1 is 1.44 bits per heavy atom. The van der Waals surface area contributed by atoms with Gasteiger partial charge in [0.25, 0.3) is 0 Å². The molecule has 2 saturated carbocycles. The third-order valence-corrected chi connectivity index (χ3v) is 5.20. The molecule has 5 rings (SSSR count). The van der Waals surface area contributed by atoms with Crippen molar-refractivity contribution in [2.24, 2.45) is 17.3 Å². The van der Waals surface area contributed by atoms with Crippen LogP contribution in [0.3, 0.4) is 0 Å². The van der Waals surface area contributed by atoms with E-state index in [-0.39, 0.29) is 17.4 Å². The molecule has 1 heterocycles. The third-order valence-electron chi connectivity index (χ3n) is 5.20. The molecule has 3 heteroatoms. The van der Waals surface area contributed by atoms with Gasteiger partial charge in [-0.2, -0.15) is 0 Å². The molecule has 2 bridgehead atoms. The minimum atomic E-state index is -0.437. The predicted molar refractivity (Wildman–Crippen MR) is 56.7 cm³/mol. The molecule has 1 N–H and O–H groups in total. The zero-order valence-corrected chi connectivity index (χ0v) is 9.19. The molecule has 4 aliphatic carbocycles. The maximum Gasteiger partial charge on any atom is 0.177 e. The van der Waals surface area contributed by atoms with Gasteiger partial charge in [-0.3, -0.25) is 4.79 Å². The highest BCUT2D eigenvalue weighted by Crippen LogP contribution is 2.61. The summed E-state index contributed by atoms with van der Waals surface area (Å²) in [4.78, 5) is 12.6. The standard InChI is InChI=1S/C13H16O3/c14-10-2-4-12-3-1-8(5-9(12)6-10)13(7-16-13)11(12)15/h1,3,8-10,14H,2,4-7H2/t8-,9-,10-,12-,13+/m1/s1. The number of ether oxygens (including phenoxy) is 1. The van der Waals surface area contributed by atoms with Crippen LogP contribution in [0, 0.1) is 17.3 Å². The number of Topliss-reactive ketones (excluding diaryl/α,β-unsaturated/α-hetero) is 1. The number of allylic oxidation sites excluding steroid dienone is 1. The van der Waals surface area contributed by atoms with Crippen LogP contribution in [0.25, 0.3) is 0 Å². The highest BCUT2D eigenvalue weighted by molar-refractivity contribution is 5.99. The molecule has 0 aromatic carbocycles. The lowest BCUT2D eigenvalue weighted by molar-refractivity contribution is -0.147. The van der Waals surface area contributed by atoms with Crippen molar-refractivity contribution in [1.29, 1.82) is 0 Å². The Morgan fingerprint density at radius 3 is 3.00 bits per heavy atom. The molecular formula is C13H16O3. The van der Waals surface area contributed by atoms with Gasteiger partial charge in [-0.05, 0) is 31.6 Å². The second-order valence-corrected chi connectivity index (χ2v) is 5.87. The largest absolute Gasteiger partial charge is 0.393 e. The number of carbonyl (C=O) groups excluding carboxylic acids is 1. The SMILES string of the molecule is O=C1[C@@]23C=C[C@H](C[C@@H]2C[C@H](O)CC3)[C@@]12CO2. The topological polar surface area (TPSA) is 49.8 Å². The van der Waals surface area contributed by atoms with Crippen LogP contribution in [0.5, 0.6) is 0 Å². The van der Waals surface area contributed by atoms with Crippen LogP contribution in [0.15, 0.2) is 12.2 Å². The zero-order valence-electron chi connectivity index (χ0n) is 9.19. The van der Waals surface area contributed by atoms with Crippen molar-refractivity contribution in [1.82, 2.24) is 0 Å². The van der Waals surface area contributed by atoms with E-state index in [9.17, 15) is 9.90 Å². The molecule has 0 aromatic rings. The summed E-state index contributed by atoms with van der Waals surface area (Å²) in [6.45, 7) is 0.623. The number of ketones is 1. The van der Waals surface area contributed by atoms with E-state index in [0.29, 0.717) is 18.3 Å². The first-order valence-electron chi connectivity index (χ1n) is 6.24. The second kappa shape index (κ2) is 2.59. The summed E-state index contributed by atoms with van der Waals surface area (Å²) >= 11 is 0. The average Bonchev–Trinajstić information content (AvgIpc) is 3.06. The van der Waals surface area contributed by atoms with E-state index < -0.39 is 5.60 Å². The Kier molecular flexibility index (Phi) is 1.52. The highest BCUT2D eigenvalue weighted by Gasteiger charge is 2.70. The van der Waals surface area contributed by atoms with Gasteiger partial charge in [-0.25, -0.2) is 0 Å². The maximum absolute atomic E-state index is 12.6. The fourth-order valence-electron chi connectivity index (χ4n) is 4.17. The molecule has 3 nitrogen and oxygen atoms in total. The molecule has 0 amide bonds. The van der Waals surface area contributed by atoms with Crippen molar-refractivity contribution in [2.45, 2.75) is 37.4 Å². The minimum absolute atomic E-state index is 0.202. The molecule has 2 spiro atoms. The second-order valence-electron chi connectivity index (χ2n) is 5.87. The molecule has 1 saturated heterocycles. The molecule has 0 radical (unpaired) electrons. The number of epoxide rings is 1. The number of hydrogen-bond acceptors (Lipinski definition) is 3. The van der Waals surface area contributed by atoms with E-state index in [4.69, 9.17) is 4.74 Å². The lowest BCUT2D eigenvalue weighted by atomic mass is 9.49. The van der Waals surface area contributed by atoms with E-state index >= 15 is 0 Å². The predicted octanol–water partition coefficient (Wildman–Crippen LogP) is 1.06. The van der Waals surface area contributed by atoms with E-state index in [1.54, 1.807) is 0 Å². The van der Waals surface area contributed by atoms with Crippen molar-refractivity contribution in [3.05, 3.63) is 12.2 Å². The molecule has 1 aliphatic heterocycles. The van der Waals surface area contributed by atoms with Gasteiger partial charge in [0.15, 0.2) is 11.4 Å². The molecule has 5 aliphatic rings. The zero-order chi connectivity index (χ0) is 11.0. The van der Waals surface area contributed by atoms with Crippen molar-refractivity contribution < 1.29 is 14.6 Å². The fraction of sp³-hybridized carbons (Fsp3) is 0.769. The van der Waals surface area contributed by atoms with Gasteiger partial charge in [0.2, 0.25) is 0 Å². The minimum Gasteiger partial charge on any atom is -0.393 e. The highest BCUT2D eigenvalue weighted by atomic mass is 16.6. The first-order chi connectivity index (χ1) is 7.67. The summed E-state index contributed by atoms with van der Waals surface area (Å²) in [6.07, 6.45) is 7.52. The Labute approximate surface area is 94.5 Å². The Morgan fingerprint density at radius 2 is 2.25 bits per heavy atom. The number of aliphatic hydroxyl groups excluding tert-OH is 1. The number of hydrogen-bond donors (Lipinski definition) is 1. The van der Waals surface area contributed by atoms with Crippen molar-refractivity contribution >= 4 is 5.78 Å². The van der Waals surface area contributed by atoms with Gasteiger partial charge in [0.05, 0.1) is 18.1 Å². The molecule has 86 valence electrons. The van der Waals surface area contributed by atoms with Gasteiger partial charge in [0, 0.05) is 5.92 Å². The van der Waals surface area contributed by atoms with Crippen LogP contribution in [-0.2, 0) is 9.53 Å². The van der Waals surface area contributed by atoms with Gasteiger partial charge in [-0.15, -0.1) is 0 Å². The Balaban J connectivity index is 1.81. The van der Waals surface area contributed by atoms with E-state index in [2.05, 4.69) is 12.2 Å². The van der Waals surface area contributed by atoms with Crippen LogP contribution >= 0.6 is 0 Å². The van der Waals surface area contributed by atoms with Gasteiger partial charge >= 0.3 is 0 Å². The number of carbonyl (C=O) groups is 1. The van der Waals surface area contributed by atoms with Crippen LogP contribution in [0.2, 0.25) is 0 Å². The average molecular weight is 220 g/mol. The summed E-state index contributed by atoms with van der Waals surface area (Å²) in [5.41, 5.74) is -0.724. The first kappa shape index (κ1) is 9.37. The fourth-order valence-corrected chi connectivity index (χ4v) is 4.17. The molecule has 0 aromatic heterocycles. The van der Waals surface area contributed by atoms with Crippen LogP contribution < -0.4 is 0 Å². The molecular weight excluding hydrogens is 204 g/mol. The van der Waals surface area contributed by atoms with Crippen molar-refractivity contribution in [2.75, 3.05) is 6.61 Å². The summed E-state index contributed by atoms with van der Waals surface area (Å²) in [5.74, 6) is 0.946. The summed E-state index contributed by atoms with van der Waals surface area (Å²) in [7, 11) is 0. The smallest absolute Gasteiger partial charge is 0.177 e.